The van der Waals surface area contributed by atoms with Gasteiger partial charge < -0.3 is 9.88 Å². The summed E-state index contributed by atoms with van der Waals surface area (Å²) in [5.74, 6) is -0.00210. The van der Waals surface area contributed by atoms with Gasteiger partial charge in [0.15, 0.2) is 0 Å². The van der Waals surface area contributed by atoms with E-state index in [0.29, 0.717) is 6.42 Å². The maximum atomic E-state index is 11.9. The van der Waals surface area contributed by atoms with Gasteiger partial charge >= 0.3 is 0 Å². The molecule has 0 aliphatic rings. The van der Waals surface area contributed by atoms with Crippen molar-refractivity contribution in [2.24, 2.45) is 7.05 Å². The number of carbonyl (C=O) groups is 1. The van der Waals surface area contributed by atoms with Crippen LogP contribution in [0.15, 0.2) is 42.0 Å². The molecule has 0 radical (unpaired) electrons. The summed E-state index contributed by atoms with van der Waals surface area (Å²) in [6.07, 6.45) is 2.18. The third-order valence-electron chi connectivity index (χ3n) is 2.92. The van der Waals surface area contributed by atoms with Crippen molar-refractivity contribution < 1.29 is 4.79 Å². The molecule has 0 saturated carbocycles. The zero-order chi connectivity index (χ0) is 13.2. The summed E-state index contributed by atoms with van der Waals surface area (Å²) in [6, 6.07) is 9.67. The molecular formula is C14H13N3OS. The molecule has 5 heteroatoms. The second-order valence-electron chi connectivity index (χ2n) is 4.36. The predicted molar refractivity (Wildman–Crippen MR) is 77.4 cm³/mol. The number of nitrogens with zero attached hydrogens (tertiary/aromatic N) is 2. The molecule has 1 N–H and O–H groups in total. The zero-order valence-electron chi connectivity index (χ0n) is 10.5. The van der Waals surface area contributed by atoms with Crippen molar-refractivity contribution in [1.82, 2.24) is 9.55 Å². The van der Waals surface area contributed by atoms with Gasteiger partial charge in [0.05, 0.1) is 23.8 Å². The molecule has 0 atom stereocenters. The van der Waals surface area contributed by atoms with E-state index < -0.39 is 0 Å². The number of carbonyl (C=O) groups excluding carboxylic acids is 1. The average Bonchev–Trinajstić information content (AvgIpc) is 3.00. The van der Waals surface area contributed by atoms with E-state index in [1.165, 1.54) is 0 Å². The first kappa shape index (κ1) is 11.9. The van der Waals surface area contributed by atoms with E-state index in [0.717, 1.165) is 21.6 Å². The summed E-state index contributed by atoms with van der Waals surface area (Å²) >= 11 is 1.59. The van der Waals surface area contributed by atoms with E-state index in [4.69, 9.17) is 0 Å². The third kappa shape index (κ3) is 2.51. The number of anilines is 1. The molecule has 1 aromatic carbocycles. The first-order valence-corrected chi connectivity index (χ1v) is 6.83. The van der Waals surface area contributed by atoms with Crippen LogP contribution in [-0.4, -0.2) is 15.5 Å². The van der Waals surface area contributed by atoms with Crippen LogP contribution in [0.1, 0.15) is 4.88 Å². The SMILES string of the molecule is Cn1cnc2cc(NC(=O)Cc3cccs3)ccc21. The van der Waals surface area contributed by atoms with Gasteiger partial charge in [-0.25, -0.2) is 4.98 Å². The molecule has 0 fully saturated rings. The second kappa shape index (κ2) is 4.85. The quantitative estimate of drug-likeness (QED) is 0.796. The number of fused-ring (bicyclic) bond motifs is 1. The fraction of sp³-hybridized carbons (Fsp3) is 0.143. The van der Waals surface area contributed by atoms with Crippen LogP contribution >= 0.6 is 11.3 Å². The molecule has 0 aliphatic heterocycles. The van der Waals surface area contributed by atoms with Crippen molar-refractivity contribution in [3.8, 4) is 0 Å². The average molecular weight is 271 g/mol. The van der Waals surface area contributed by atoms with Crippen LogP contribution in [-0.2, 0) is 18.3 Å². The van der Waals surface area contributed by atoms with Gasteiger partial charge in [0, 0.05) is 17.6 Å². The lowest BCUT2D eigenvalue weighted by Crippen LogP contribution is -2.13. The number of amides is 1. The normalized spacial score (nSPS) is 10.8. The van der Waals surface area contributed by atoms with Gasteiger partial charge in [-0.1, -0.05) is 6.07 Å². The molecule has 3 aromatic rings. The summed E-state index contributed by atoms with van der Waals surface area (Å²) in [6.45, 7) is 0. The number of rotatable bonds is 3. The Balaban J connectivity index is 1.75. The highest BCUT2D eigenvalue weighted by Crippen LogP contribution is 2.18. The molecular weight excluding hydrogens is 258 g/mol. The minimum atomic E-state index is -0.00210. The molecule has 2 heterocycles. The van der Waals surface area contributed by atoms with E-state index in [1.807, 2.05) is 47.3 Å². The van der Waals surface area contributed by atoms with E-state index in [2.05, 4.69) is 10.3 Å². The number of benzene rings is 1. The van der Waals surface area contributed by atoms with Crippen molar-refractivity contribution in [1.29, 1.82) is 0 Å². The molecule has 1 amide bonds. The van der Waals surface area contributed by atoms with E-state index in [1.54, 1.807) is 17.7 Å². The maximum Gasteiger partial charge on any atom is 0.229 e. The largest absolute Gasteiger partial charge is 0.334 e. The standard InChI is InChI=1S/C14H13N3OS/c1-17-9-15-12-7-10(4-5-13(12)17)16-14(18)8-11-3-2-6-19-11/h2-7,9H,8H2,1H3,(H,16,18). The van der Waals surface area contributed by atoms with Gasteiger partial charge in [-0.2, -0.15) is 0 Å². The molecule has 4 nitrogen and oxygen atoms in total. The maximum absolute atomic E-state index is 11.9. The van der Waals surface area contributed by atoms with Crippen molar-refractivity contribution in [2.45, 2.75) is 6.42 Å². The molecule has 0 spiro atoms. The number of aryl methyl sites for hydroxylation is 1. The fourth-order valence-electron chi connectivity index (χ4n) is 1.99. The van der Waals surface area contributed by atoms with Gasteiger partial charge in [-0.15, -0.1) is 11.3 Å². The zero-order valence-corrected chi connectivity index (χ0v) is 11.3. The highest BCUT2D eigenvalue weighted by atomic mass is 32.1. The molecule has 2 aromatic heterocycles. The minimum absolute atomic E-state index is 0.00210. The molecule has 19 heavy (non-hydrogen) atoms. The fourth-order valence-corrected chi connectivity index (χ4v) is 2.69. The van der Waals surface area contributed by atoms with Gasteiger partial charge in [-0.05, 0) is 29.6 Å². The first-order chi connectivity index (χ1) is 9.22. The van der Waals surface area contributed by atoms with E-state index >= 15 is 0 Å². The number of hydrogen-bond donors (Lipinski definition) is 1. The lowest BCUT2D eigenvalue weighted by molar-refractivity contribution is -0.115. The van der Waals surface area contributed by atoms with Crippen molar-refractivity contribution in [3.05, 3.63) is 46.9 Å². The van der Waals surface area contributed by atoms with Gasteiger partial charge in [-0.3, -0.25) is 4.79 Å². The molecule has 0 aliphatic carbocycles. The monoisotopic (exact) mass is 271 g/mol. The number of thiophene rings is 1. The number of imidazole rings is 1. The third-order valence-corrected chi connectivity index (χ3v) is 3.80. The summed E-state index contributed by atoms with van der Waals surface area (Å²) in [4.78, 5) is 17.2. The molecule has 96 valence electrons. The second-order valence-corrected chi connectivity index (χ2v) is 5.40. The van der Waals surface area contributed by atoms with Crippen LogP contribution in [0.5, 0.6) is 0 Å². The van der Waals surface area contributed by atoms with Gasteiger partial charge in [0.1, 0.15) is 0 Å². The summed E-state index contributed by atoms with van der Waals surface area (Å²) < 4.78 is 1.95. The Morgan fingerprint density at radius 3 is 3.11 bits per heavy atom. The molecule has 0 unspecified atom stereocenters. The lowest BCUT2D eigenvalue weighted by atomic mass is 10.2. The Labute approximate surface area is 114 Å². The summed E-state index contributed by atoms with van der Waals surface area (Å²) in [5.41, 5.74) is 2.72. The minimum Gasteiger partial charge on any atom is -0.334 e. The molecule has 0 bridgehead atoms. The molecule has 0 saturated heterocycles. The Bertz CT molecular complexity index is 715. The van der Waals surface area contributed by atoms with Crippen LogP contribution in [0.2, 0.25) is 0 Å². The van der Waals surface area contributed by atoms with Crippen molar-refractivity contribution in [2.75, 3.05) is 5.32 Å². The first-order valence-electron chi connectivity index (χ1n) is 5.96. The summed E-state index contributed by atoms with van der Waals surface area (Å²) in [7, 11) is 1.95. The number of hydrogen-bond acceptors (Lipinski definition) is 3. The number of nitrogens with one attached hydrogen (secondary N) is 1. The van der Waals surface area contributed by atoms with Crippen molar-refractivity contribution >= 4 is 34.0 Å². The number of aromatic nitrogens is 2. The lowest BCUT2D eigenvalue weighted by Gasteiger charge is -2.04. The van der Waals surface area contributed by atoms with Crippen LogP contribution in [0, 0.1) is 0 Å². The van der Waals surface area contributed by atoms with Crippen LogP contribution in [0.3, 0.4) is 0 Å². The van der Waals surface area contributed by atoms with E-state index in [-0.39, 0.29) is 5.91 Å². The Hall–Kier alpha value is -2.14. The predicted octanol–water partition coefficient (Wildman–Crippen LogP) is 2.82. The highest BCUT2D eigenvalue weighted by molar-refractivity contribution is 7.10. The molecule has 3 rings (SSSR count). The van der Waals surface area contributed by atoms with Crippen LogP contribution in [0.25, 0.3) is 11.0 Å². The Morgan fingerprint density at radius 2 is 2.32 bits per heavy atom. The van der Waals surface area contributed by atoms with E-state index in [9.17, 15) is 4.79 Å². The smallest absolute Gasteiger partial charge is 0.229 e. The topological polar surface area (TPSA) is 46.9 Å². The van der Waals surface area contributed by atoms with Crippen LogP contribution in [0.4, 0.5) is 5.69 Å². The Kier molecular flexibility index (Phi) is 3.05. The van der Waals surface area contributed by atoms with Crippen LogP contribution < -0.4 is 5.32 Å². The van der Waals surface area contributed by atoms with Gasteiger partial charge in [0.2, 0.25) is 5.91 Å². The highest BCUT2D eigenvalue weighted by Gasteiger charge is 2.06. The Morgan fingerprint density at radius 1 is 1.42 bits per heavy atom. The van der Waals surface area contributed by atoms with Gasteiger partial charge in [0.25, 0.3) is 0 Å². The van der Waals surface area contributed by atoms with Crippen molar-refractivity contribution in [3.63, 3.8) is 0 Å². The summed E-state index contributed by atoms with van der Waals surface area (Å²) in [5, 5.41) is 4.87.